The Morgan fingerprint density at radius 3 is 2.17 bits per heavy atom. The predicted molar refractivity (Wildman–Crippen MR) is 93.7 cm³/mol. The van der Waals surface area contributed by atoms with Crippen LogP contribution in [0.15, 0.2) is 84.9 Å². The van der Waals surface area contributed by atoms with Crippen molar-refractivity contribution in [3.63, 3.8) is 0 Å². The van der Waals surface area contributed by atoms with E-state index in [-0.39, 0.29) is 0 Å². The second-order valence-electron chi connectivity index (χ2n) is 5.30. The lowest BCUT2D eigenvalue weighted by Crippen LogP contribution is -2.01. The lowest BCUT2D eigenvalue weighted by molar-refractivity contribution is 0.843. The Bertz CT molecular complexity index is 954. The van der Waals surface area contributed by atoms with Gasteiger partial charge in [0.05, 0.1) is 11.2 Å². The average molecular weight is 297 g/mol. The van der Waals surface area contributed by atoms with Crippen molar-refractivity contribution in [1.29, 1.82) is 0 Å². The van der Waals surface area contributed by atoms with E-state index in [1.54, 1.807) is 0 Å². The second kappa shape index (κ2) is 5.89. The zero-order valence-corrected chi connectivity index (χ0v) is 12.5. The normalized spacial score (nSPS) is 11.7. The Morgan fingerprint density at radius 1 is 0.739 bits per heavy atom. The molecule has 0 spiro atoms. The first-order chi connectivity index (χ1) is 11.4. The Labute approximate surface area is 134 Å². The summed E-state index contributed by atoms with van der Waals surface area (Å²) >= 11 is 0. The van der Waals surface area contributed by atoms with Crippen LogP contribution >= 0.6 is 0 Å². The lowest BCUT2D eigenvalue weighted by Gasteiger charge is -2.09. The van der Waals surface area contributed by atoms with Crippen molar-refractivity contribution in [1.82, 2.24) is 15.0 Å². The van der Waals surface area contributed by atoms with Crippen molar-refractivity contribution in [2.45, 2.75) is 0 Å². The van der Waals surface area contributed by atoms with Gasteiger partial charge in [0.2, 0.25) is 0 Å². The van der Waals surface area contributed by atoms with Crippen LogP contribution in [-0.2, 0) is 0 Å². The zero-order chi connectivity index (χ0) is 15.5. The van der Waals surface area contributed by atoms with Crippen molar-refractivity contribution < 1.29 is 0 Å². The maximum Gasteiger partial charge on any atom is 0.113 e. The minimum Gasteiger partial charge on any atom is -0.212 e. The van der Waals surface area contributed by atoms with Crippen molar-refractivity contribution in [3.05, 3.63) is 96.1 Å². The van der Waals surface area contributed by atoms with E-state index in [0.717, 1.165) is 27.9 Å². The van der Waals surface area contributed by atoms with Gasteiger partial charge in [0.1, 0.15) is 5.52 Å². The Morgan fingerprint density at radius 2 is 1.39 bits per heavy atom. The number of benzene rings is 3. The molecule has 0 N–H and O–H groups in total. The topological polar surface area (TPSA) is 30.7 Å². The van der Waals surface area contributed by atoms with E-state index >= 15 is 0 Å². The van der Waals surface area contributed by atoms with Gasteiger partial charge < -0.3 is 0 Å². The molecule has 1 heterocycles. The van der Waals surface area contributed by atoms with Crippen LogP contribution in [0.1, 0.15) is 11.1 Å². The first kappa shape index (κ1) is 13.5. The average Bonchev–Trinajstić information content (AvgIpc) is 3.05. The van der Waals surface area contributed by atoms with Crippen molar-refractivity contribution in [3.8, 4) is 0 Å². The number of rotatable bonds is 3. The van der Waals surface area contributed by atoms with Gasteiger partial charge in [-0.05, 0) is 23.8 Å². The number of nitrogens with zero attached hydrogens (tertiary/aromatic N) is 3. The molecule has 0 saturated heterocycles. The fourth-order valence-electron chi connectivity index (χ4n) is 2.63. The highest BCUT2D eigenvalue weighted by atomic mass is 15.4. The molecular weight excluding hydrogens is 282 g/mol. The summed E-state index contributed by atoms with van der Waals surface area (Å²) in [6, 6.07) is 28.5. The van der Waals surface area contributed by atoms with Crippen LogP contribution in [0.4, 0.5) is 0 Å². The molecule has 4 aromatic rings. The molecule has 0 radical (unpaired) electrons. The fourth-order valence-corrected chi connectivity index (χ4v) is 2.63. The van der Waals surface area contributed by atoms with Gasteiger partial charge in [-0.15, -0.1) is 5.10 Å². The van der Waals surface area contributed by atoms with Crippen molar-refractivity contribution in [2.24, 2.45) is 0 Å². The molecule has 23 heavy (non-hydrogen) atoms. The molecule has 0 aliphatic carbocycles. The van der Waals surface area contributed by atoms with Crippen LogP contribution in [0.5, 0.6) is 0 Å². The molecular formula is C20H15N3. The predicted octanol–water partition coefficient (Wildman–Crippen LogP) is 4.48. The van der Waals surface area contributed by atoms with Crippen LogP contribution in [0.3, 0.4) is 0 Å². The molecule has 0 fully saturated rings. The number of para-hydroxylation sites is 1. The third-order valence-corrected chi connectivity index (χ3v) is 3.75. The summed E-state index contributed by atoms with van der Waals surface area (Å²) in [7, 11) is 0. The number of aromatic nitrogens is 3. The van der Waals surface area contributed by atoms with E-state index in [9.17, 15) is 0 Å². The smallest absolute Gasteiger partial charge is 0.113 e. The summed E-state index contributed by atoms with van der Waals surface area (Å²) in [5.74, 6) is 0. The molecule has 110 valence electrons. The molecule has 0 amide bonds. The van der Waals surface area contributed by atoms with Gasteiger partial charge in [0, 0.05) is 5.56 Å². The Hall–Kier alpha value is -3.20. The van der Waals surface area contributed by atoms with Gasteiger partial charge in [0.15, 0.2) is 0 Å². The third-order valence-electron chi connectivity index (χ3n) is 3.75. The van der Waals surface area contributed by atoms with E-state index in [1.807, 2.05) is 65.3 Å². The minimum atomic E-state index is 0.891. The molecule has 1 aromatic heterocycles. The summed E-state index contributed by atoms with van der Waals surface area (Å²) < 4.78 is 1.90. The van der Waals surface area contributed by atoms with Gasteiger partial charge in [-0.3, -0.25) is 0 Å². The quantitative estimate of drug-likeness (QED) is 0.522. The highest BCUT2D eigenvalue weighted by Gasteiger charge is 2.10. The number of hydrogen-bond donors (Lipinski definition) is 0. The molecule has 3 nitrogen and oxygen atoms in total. The van der Waals surface area contributed by atoms with Gasteiger partial charge >= 0.3 is 0 Å². The van der Waals surface area contributed by atoms with Crippen LogP contribution in [0.25, 0.3) is 22.8 Å². The fraction of sp³-hybridized carbons (Fsp3) is 0. The molecule has 3 heteroatoms. The van der Waals surface area contributed by atoms with E-state index < -0.39 is 0 Å². The van der Waals surface area contributed by atoms with E-state index in [0.29, 0.717) is 0 Å². The van der Waals surface area contributed by atoms with Crippen LogP contribution in [0, 0.1) is 0 Å². The van der Waals surface area contributed by atoms with Gasteiger partial charge in [-0.25, -0.2) is 4.68 Å². The van der Waals surface area contributed by atoms with Crippen LogP contribution in [0.2, 0.25) is 0 Å². The number of fused-ring (bicyclic) bond motifs is 1. The molecule has 4 rings (SSSR count). The van der Waals surface area contributed by atoms with E-state index in [2.05, 4.69) is 40.7 Å². The van der Waals surface area contributed by atoms with Crippen LogP contribution in [-0.4, -0.2) is 15.0 Å². The molecule has 0 unspecified atom stereocenters. The Kier molecular flexibility index (Phi) is 3.45. The lowest BCUT2D eigenvalue weighted by atomic mass is 10.1. The van der Waals surface area contributed by atoms with Gasteiger partial charge in [-0.1, -0.05) is 78.0 Å². The number of hydrogen-bond acceptors (Lipinski definition) is 2. The maximum absolute atomic E-state index is 4.37. The molecule has 0 atom stereocenters. The monoisotopic (exact) mass is 297 g/mol. The van der Waals surface area contributed by atoms with Gasteiger partial charge in [0.25, 0.3) is 0 Å². The summed E-state index contributed by atoms with van der Waals surface area (Å²) in [6.07, 6.45) is 2.14. The standard InChI is InChI=1S/C20H15N3/c1-3-9-16(10-4-1)15-20(17-11-5-2-6-12-17)23-19-14-8-7-13-18(19)21-22-23/h1-15H/b20-15+. The first-order valence-electron chi connectivity index (χ1n) is 7.55. The minimum absolute atomic E-state index is 0.891. The Balaban J connectivity index is 1.94. The van der Waals surface area contributed by atoms with Crippen molar-refractivity contribution >= 4 is 22.8 Å². The summed E-state index contributed by atoms with van der Waals surface area (Å²) in [4.78, 5) is 0. The summed E-state index contributed by atoms with van der Waals surface area (Å²) in [6.45, 7) is 0. The molecule has 0 bridgehead atoms. The molecule has 0 saturated carbocycles. The van der Waals surface area contributed by atoms with E-state index in [4.69, 9.17) is 0 Å². The van der Waals surface area contributed by atoms with Gasteiger partial charge in [-0.2, -0.15) is 0 Å². The summed E-state index contributed by atoms with van der Waals surface area (Å²) in [5, 5.41) is 8.65. The van der Waals surface area contributed by atoms with Crippen molar-refractivity contribution in [2.75, 3.05) is 0 Å². The molecule has 3 aromatic carbocycles. The third kappa shape index (κ3) is 2.64. The highest BCUT2D eigenvalue weighted by Crippen LogP contribution is 2.23. The highest BCUT2D eigenvalue weighted by molar-refractivity contribution is 5.87. The second-order valence-corrected chi connectivity index (χ2v) is 5.30. The largest absolute Gasteiger partial charge is 0.212 e. The zero-order valence-electron chi connectivity index (χ0n) is 12.5. The maximum atomic E-state index is 4.37. The van der Waals surface area contributed by atoms with Crippen LogP contribution < -0.4 is 0 Å². The summed E-state index contributed by atoms with van der Waals surface area (Å²) in [5.41, 5.74) is 5.13. The first-order valence-corrected chi connectivity index (χ1v) is 7.55. The van der Waals surface area contributed by atoms with E-state index in [1.165, 1.54) is 0 Å². The molecule has 0 aliphatic rings. The SMILES string of the molecule is C(=C(/c1ccccc1)n1nnc2ccccc21)/c1ccccc1. The molecule has 0 aliphatic heterocycles.